The maximum atomic E-state index is 6.05. The second-order valence-electron chi connectivity index (χ2n) is 7.58. The first-order valence-electron chi connectivity index (χ1n) is 8.21. The molecule has 2 bridgehead atoms. The fourth-order valence-corrected chi connectivity index (χ4v) is 4.58. The van der Waals surface area contributed by atoms with Gasteiger partial charge in [0.2, 0.25) is 0 Å². The molecule has 1 aromatic rings. The van der Waals surface area contributed by atoms with E-state index in [0.717, 1.165) is 23.6 Å². The average Bonchev–Trinajstić information content (AvgIpc) is 3.22. The van der Waals surface area contributed by atoms with Gasteiger partial charge in [0.1, 0.15) is 0 Å². The Morgan fingerprint density at radius 2 is 2.15 bits per heavy atom. The third-order valence-electron chi connectivity index (χ3n) is 6.34. The van der Waals surface area contributed by atoms with Crippen LogP contribution in [-0.4, -0.2) is 24.0 Å². The Morgan fingerprint density at radius 1 is 1.35 bits per heavy atom. The van der Waals surface area contributed by atoms with Gasteiger partial charge in [0.05, 0.1) is 0 Å². The van der Waals surface area contributed by atoms with Crippen molar-refractivity contribution < 1.29 is 0 Å². The number of rotatable bonds is 2. The zero-order valence-corrected chi connectivity index (χ0v) is 12.7. The van der Waals surface area contributed by atoms with Crippen molar-refractivity contribution in [1.82, 2.24) is 4.90 Å². The van der Waals surface area contributed by atoms with E-state index in [2.05, 4.69) is 36.9 Å². The van der Waals surface area contributed by atoms with Crippen LogP contribution in [0.2, 0.25) is 0 Å². The summed E-state index contributed by atoms with van der Waals surface area (Å²) in [5.41, 5.74) is 10.4. The first kappa shape index (κ1) is 12.7. The van der Waals surface area contributed by atoms with Gasteiger partial charge in [0.25, 0.3) is 0 Å². The first-order chi connectivity index (χ1) is 9.58. The lowest BCUT2D eigenvalue weighted by molar-refractivity contribution is 0.0284. The van der Waals surface area contributed by atoms with Gasteiger partial charge in [-0.05, 0) is 72.7 Å². The van der Waals surface area contributed by atoms with Crippen molar-refractivity contribution in [3.05, 3.63) is 29.3 Å². The molecular weight excluding hydrogens is 244 g/mol. The Kier molecular flexibility index (Phi) is 2.69. The molecule has 2 N–H and O–H groups in total. The summed E-state index contributed by atoms with van der Waals surface area (Å²) in [6, 6.07) is 7.35. The van der Waals surface area contributed by atoms with E-state index in [4.69, 9.17) is 5.73 Å². The molecular formula is C18H26N2. The minimum Gasteiger partial charge on any atom is -0.399 e. The number of nitrogens with two attached hydrogens (primary N) is 1. The number of likely N-dealkylation sites (tertiary alicyclic amines) is 1. The van der Waals surface area contributed by atoms with Crippen LogP contribution in [0.1, 0.15) is 44.2 Å². The van der Waals surface area contributed by atoms with Crippen LogP contribution in [0.5, 0.6) is 0 Å². The first-order valence-corrected chi connectivity index (χ1v) is 8.21. The van der Waals surface area contributed by atoms with Crippen LogP contribution >= 0.6 is 0 Å². The molecule has 1 saturated heterocycles. The summed E-state index contributed by atoms with van der Waals surface area (Å²) in [6.07, 6.45) is 5.43. The van der Waals surface area contributed by atoms with Crippen molar-refractivity contribution in [2.75, 3.05) is 18.8 Å². The molecule has 1 aromatic carbocycles. The van der Waals surface area contributed by atoms with E-state index in [-0.39, 0.29) is 0 Å². The SMILES string of the molecule is C[C@@H]1[C@@H]2Cc3ccc(N)cc3[C@@]1(C)CCN2CC1CC1. The highest BCUT2D eigenvalue weighted by Crippen LogP contribution is 2.49. The number of hydrogen-bond donors (Lipinski definition) is 1. The summed E-state index contributed by atoms with van der Waals surface area (Å²) in [5, 5.41) is 0. The average molecular weight is 270 g/mol. The quantitative estimate of drug-likeness (QED) is 0.836. The van der Waals surface area contributed by atoms with Gasteiger partial charge < -0.3 is 5.73 Å². The van der Waals surface area contributed by atoms with E-state index in [0.29, 0.717) is 5.41 Å². The third kappa shape index (κ3) is 1.81. The number of hydrogen-bond acceptors (Lipinski definition) is 2. The molecule has 1 aliphatic heterocycles. The molecule has 1 heterocycles. The van der Waals surface area contributed by atoms with Gasteiger partial charge in [-0.1, -0.05) is 19.9 Å². The Bertz CT molecular complexity index is 534. The smallest absolute Gasteiger partial charge is 0.0317 e. The highest BCUT2D eigenvalue weighted by Gasteiger charge is 2.48. The minimum atomic E-state index is 0.327. The van der Waals surface area contributed by atoms with Gasteiger partial charge in [0.15, 0.2) is 0 Å². The molecule has 0 amide bonds. The normalized spacial score (nSPS) is 36.7. The number of benzene rings is 1. The number of nitrogen functional groups attached to an aromatic ring is 1. The Morgan fingerprint density at radius 3 is 2.90 bits per heavy atom. The largest absolute Gasteiger partial charge is 0.399 e. The van der Waals surface area contributed by atoms with Crippen molar-refractivity contribution >= 4 is 5.69 Å². The number of anilines is 1. The van der Waals surface area contributed by atoms with Crippen molar-refractivity contribution in [3.8, 4) is 0 Å². The van der Waals surface area contributed by atoms with E-state index in [1.165, 1.54) is 44.3 Å². The third-order valence-corrected chi connectivity index (χ3v) is 6.34. The molecule has 108 valence electrons. The Hall–Kier alpha value is -1.02. The maximum Gasteiger partial charge on any atom is 0.0317 e. The molecule has 2 nitrogen and oxygen atoms in total. The molecule has 0 aromatic heterocycles. The summed E-state index contributed by atoms with van der Waals surface area (Å²) >= 11 is 0. The molecule has 2 aliphatic carbocycles. The topological polar surface area (TPSA) is 29.3 Å². The molecule has 2 fully saturated rings. The highest BCUT2D eigenvalue weighted by molar-refractivity contribution is 5.50. The number of nitrogens with zero attached hydrogens (tertiary/aromatic N) is 1. The summed E-state index contributed by atoms with van der Waals surface area (Å²) in [5.74, 6) is 1.74. The lowest BCUT2D eigenvalue weighted by Gasteiger charge is -2.54. The van der Waals surface area contributed by atoms with E-state index in [1.54, 1.807) is 5.56 Å². The number of fused-ring (bicyclic) bond motifs is 4. The maximum absolute atomic E-state index is 6.05. The molecule has 0 unspecified atom stereocenters. The van der Waals surface area contributed by atoms with Gasteiger partial charge >= 0.3 is 0 Å². The van der Waals surface area contributed by atoms with Crippen LogP contribution in [-0.2, 0) is 11.8 Å². The van der Waals surface area contributed by atoms with Crippen molar-refractivity contribution in [1.29, 1.82) is 0 Å². The second kappa shape index (κ2) is 4.24. The Labute approximate surface area is 122 Å². The van der Waals surface area contributed by atoms with Gasteiger partial charge in [0, 0.05) is 18.3 Å². The van der Waals surface area contributed by atoms with E-state index in [9.17, 15) is 0 Å². The molecule has 4 rings (SSSR count). The van der Waals surface area contributed by atoms with Crippen molar-refractivity contribution in [3.63, 3.8) is 0 Å². The summed E-state index contributed by atoms with van der Waals surface area (Å²) in [6.45, 7) is 7.55. The summed E-state index contributed by atoms with van der Waals surface area (Å²) < 4.78 is 0. The van der Waals surface area contributed by atoms with Crippen molar-refractivity contribution in [2.24, 2.45) is 11.8 Å². The van der Waals surface area contributed by atoms with Crippen LogP contribution in [0.3, 0.4) is 0 Å². The van der Waals surface area contributed by atoms with Gasteiger partial charge in [-0.15, -0.1) is 0 Å². The van der Waals surface area contributed by atoms with Crippen LogP contribution in [0.25, 0.3) is 0 Å². The predicted octanol–water partition coefficient (Wildman–Crippen LogP) is 3.20. The zero-order valence-electron chi connectivity index (χ0n) is 12.7. The summed E-state index contributed by atoms with van der Waals surface area (Å²) in [4.78, 5) is 2.80. The lowest BCUT2D eigenvalue weighted by Crippen LogP contribution is -2.58. The second-order valence-corrected chi connectivity index (χ2v) is 7.58. The highest BCUT2D eigenvalue weighted by atomic mass is 15.2. The standard InChI is InChI=1S/C18H26N2/c1-12-17-9-14-5-6-15(19)10-16(14)18(12,2)7-8-20(17)11-13-3-4-13/h5-6,10,12-13,17H,3-4,7-9,11,19H2,1-2H3/t12-,17+,18+/m1/s1. The molecule has 2 heteroatoms. The van der Waals surface area contributed by atoms with E-state index >= 15 is 0 Å². The van der Waals surface area contributed by atoms with Gasteiger partial charge in [-0.25, -0.2) is 0 Å². The number of piperidine rings is 1. The van der Waals surface area contributed by atoms with Crippen LogP contribution < -0.4 is 5.73 Å². The Balaban J connectivity index is 1.71. The summed E-state index contributed by atoms with van der Waals surface area (Å²) in [7, 11) is 0. The fraction of sp³-hybridized carbons (Fsp3) is 0.667. The fourth-order valence-electron chi connectivity index (χ4n) is 4.58. The zero-order chi connectivity index (χ0) is 13.9. The van der Waals surface area contributed by atoms with Gasteiger partial charge in [-0.3, -0.25) is 4.90 Å². The van der Waals surface area contributed by atoms with Crippen molar-refractivity contribution in [2.45, 2.75) is 51.0 Å². The lowest BCUT2D eigenvalue weighted by atomic mass is 9.59. The molecule has 20 heavy (non-hydrogen) atoms. The van der Waals surface area contributed by atoms with E-state index < -0.39 is 0 Å². The minimum absolute atomic E-state index is 0.327. The van der Waals surface area contributed by atoms with Crippen LogP contribution in [0, 0.1) is 11.8 Å². The van der Waals surface area contributed by atoms with Gasteiger partial charge in [-0.2, -0.15) is 0 Å². The molecule has 0 radical (unpaired) electrons. The monoisotopic (exact) mass is 270 g/mol. The van der Waals surface area contributed by atoms with Crippen LogP contribution in [0.4, 0.5) is 5.69 Å². The molecule has 3 aliphatic rings. The van der Waals surface area contributed by atoms with Crippen LogP contribution in [0.15, 0.2) is 18.2 Å². The predicted molar refractivity (Wildman–Crippen MR) is 83.8 cm³/mol. The molecule has 3 atom stereocenters. The molecule has 1 saturated carbocycles. The van der Waals surface area contributed by atoms with E-state index in [1.807, 2.05) is 0 Å². The molecule has 0 spiro atoms.